The predicted molar refractivity (Wildman–Crippen MR) is 85.5 cm³/mol. The second kappa shape index (κ2) is 5.96. The van der Waals surface area contributed by atoms with Crippen LogP contribution in [0.1, 0.15) is 12.0 Å². The molecule has 3 rings (SSSR count). The van der Waals surface area contributed by atoms with E-state index in [9.17, 15) is 14.7 Å². The van der Waals surface area contributed by atoms with Crippen LogP contribution in [0.3, 0.4) is 0 Å². The van der Waals surface area contributed by atoms with E-state index >= 15 is 0 Å². The van der Waals surface area contributed by atoms with E-state index in [2.05, 4.69) is 0 Å². The lowest BCUT2D eigenvalue weighted by Gasteiger charge is -2.09. The molecule has 0 aliphatic carbocycles. The summed E-state index contributed by atoms with van der Waals surface area (Å²) < 4.78 is 5.15. The minimum atomic E-state index is -0.938. The van der Waals surface area contributed by atoms with Gasteiger partial charge in [0.15, 0.2) is 0 Å². The molecule has 116 valence electrons. The quantitative estimate of drug-likeness (QED) is 0.723. The van der Waals surface area contributed by atoms with Crippen LogP contribution >= 0.6 is 0 Å². The maximum absolute atomic E-state index is 11.8. The number of phenols is 1. The summed E-state index contributed by atoms with van der Waals surface area (Å²) in [5.74, 6) is -1.01. The van der Waals surface area contributed by atoms with Gasteiger partial charge in [-0.05, 0) is 29.2 Å². The summed E-state index contributed by atoms with van der Waals surface area (Å²) in [6, 6.07) is 13.8. The van der Waals surface area contributed by atoms with Gasteiger partial charge in [-0.3, -0.25) is 4.79 Å². The van der Waals surface area contributed by atoms with E-state index in [1.54, 1.807) is 6.07 Å². The number of phenolic OH excluding ortho intramolecular Hbond substituents is 1. The number of carbonyl (C=O) groups is 1. The van der Waals surface area contributed by atoms with E-state index in [1.165, 1.54) is 12.1 Å². The lowest BCUT2D eigenvalue weighted by molar-refractivity contribution is -0.136. The van der Waals surface area contributed by atoms with Crippen molar-refractivity contribution < 1.29 is 19.4 Å². The van der Waals surface area contributed by atoms with Crippen molar-refractivity contribution in [3.8, 4) is 16.9 Å². The van der Waals surface area contributed by atoms with Crippen LogP contribution in [-0.4, -0.2) is 16.2 Å². The number of hydrogen-bond acceptors (Lipinski definition) is 4. The van der Waals surface area contributed by atoms with Gasteiger partial charge in [-0.2, -0.15) is 0 Å². The molecule has 0 fully saturated rings. The Bertz CT molecular complexity index is 925. The van der Waals surface area contributed by atoms with Crippen molar-refractivity contribution in [1.29, 1.82) is 0 Å². The van der Waals surface area contributed by atoms with Crippen molar-refractivity contribution >= 4 is 16.9 Å². The summed E-state index contributed by atoms with van der Waals surface area (Å²) in [6.45, 7) is 0. The maximum atomic E-state index is 11.8. The molecule has 5 nitrogen and oxygen atoms in total. The third kappa shape index (κ3) is 3.08. The summed E-state index contributed by atoms with van der Waals surface area (Å²) >= 11 is 0. The van der Waals surface area contributed by atoms with Crippen LogP contribution in [0.4, 0.5) is 0 Å². The van der Waals surface area contributed by atoms with Gasteiger partial charge in [0.2, 0.25) is 0 Å². The number of aromatic hydroxyl groups is 1. The molecule has 0 radical (unpaired) electrons. The summed E-state index contributed by atoms with van der Waals surface area (Å²) in [5.41, 5.74) is 1.81. The molecule has 2 N–H and O–H groups in total. The second-order valence-corrected chi connectivity index (χ2v) is 5.22. The van der Waals surface area contributed by atoms with E-state index in [0.717, 1.165) is 5.56 Å². The van der Waals surface area contributed by atoms with Crippen molar-refractivity contribution in [3.63, 3.8) is 0 Å². The number of hydrogen-bond donors (Lipinski definition) is 2. The standard InChI is InChI=1S/C18H14O5/c19-15-10-16-14(8-12(15)6-7-17(20)21)13(9-18(22)23-16)11-4-2-1-3-5-11/h1-5,8-10,19H,6-7H2,(H,20,21). The molecule has 2 aromatic carbocycles. The average Bonchev–Trinajstić information content (AvgIpc) is 2.53. The molecular weight excluding hydrogens is 296 g/mol. The zero-order valence-electron chi connectivity index (χ0n) is 12.2. The molecular formula is C18H14O5. The summed E-state index contributed by atoms with van der Waals surface area (Å²) in [4.78, 5) is 22.5. The van der Waals surface area contributed by atoms with Crippen LogP contribution in [0.15, 0.2) is 57.7 Å². The number of rotatable bonds is 4. The van der Waals surface area contributed by atoms with Gasteiger partial charge in [0.25, 0.3) is 0 Å². The third-order valence-electron chi connectivity index (χ3n) is 3.64. The van der Waals surface area contributed by atoms with Crippen LogP contribution in [0, 0.1) is 0 Å². The fourth-order valence-electron chi connectivity index (χ4n) is 2.54. The molecule has 0 saturated heterocycles. The minimum Gasteiger partial charge on any atom is -0.508 e. The molecule has 0 saturated carbocycles. The number of aliphatic carboxylic acids is 1. The Morgan fingerprint density at radius 1 is 1.09 bits per heavy atom. The van der Waals surface area contributed by atoms with Gasteiger partial charge >= 0.3 is 11.6 Å². The summed E-state index contributed by atoms with van der Waals surface area (Å²) in [6.07, 6.45) is 0.112. The molecule has 0 aliphatic rings. The zero-order valence-corrected chi connectivity index (χ0v) is 12.2. The number of fused-ring (bicyclic) bond motifs is 1. The predicted octanol–water partition coefficient (Wildman–Crippen LogP) is 3.18. The van der Waals surface area contributed by atoms with Crippen molar-refractivity contribution in [2.75, 3.05) is 0 Å². The molecule has 0 aliphatic heterocycles. The maximum Gasteiger partial charge on any atom is 0.336 e. The molecule has 0 atom stereocenters. The van der Waals surface area contributed by atoms with E-state index in [1.807, 2.05) is 30.3 Å². The number of carboxylic acid groups (broad SMARTS) is 1. The highest BCUT2D eigenvalue weighted by Crippen LogP contribution is 2.32. The second-order valence-electron chi connectivity index (χ2n) is 5.22. The number of carboxylic acids is 1. The lowest BCUT2D eigenvalue weighted by Crippen LogP contribution is -2.00. The Kier molecular flexibility index (Phi) is 3.85. The zero-order chi connectivity index (χ0) is 16.4. The average molecular weight is 310 g/mol. The Balaban J connectivity index is 2.21. The highest BCUT2D eigenvalue weighted by Gasteiger charge is 2.12. The normalized spacial score (nSPS) is 10.8. The Labute approximate surface area is 131 Å². The SMILES string of the molecule is O=C(O)CCc1cc2c(-c3ccccc3)cc(=O)oc2cc1O. The van der Waals surface area contributed by atoms with Crippen molar-refractivity contribution in [3.05, 3.63) is 64.5 Å². The van der Waals surface area contributed by atoms with Crippen molar-refractivity contribution in [1.82, 2.24) is 0 Å². The first-order valence-corrected chi connectivity index (χ1v) is 7.11. The van der Waals surface area contributed by atoms with Crippen LogP contribution in [0.2, 0.25) is 0 Å². The summed E-state index contributed by atoms with van der Waals surface area (Å²) in [5, 5.41) is 19.5. The topological polar surface area (TPSA) is 87.7 Å². The number of benzene rings is 2. The molecule has 1 heterocycles. The molecule has 0 amide bonds. The first kappa shape index (κ1) is 14.8. The first-order chi connectivity index (χ1) is 11.0. The Morgan fingerprint density at radius 2 is 1.83 bits per heavy atom. The van der Waals surface area contributed by atoms with E-state index in [0.29, 0.717) is 16.5 Å². The highest BCUT2D eigenvalue weighted by atomic mass is 16.4. The third-order valence-corrected chi connectivity index (χ3v) is 3.64. The smallest absolute Gasteiger partial charge is 0.336 e. The minimum absolute atomic E-state index is 0.0767. The fourth-order valence-corrected chi connectivity index (χ4v) is 2.54. The molecule has 0 spiro atoms. The van der Waals surface area contributed by atoms with Crippen LogP contribution in [0.5, 0.6) is 5.75 Å². The Morgan fingerprint density at radius 3 is 2.52 bits per heavy atom. The van der Waals surface area contributed by atoms with E-state index < -0.39 is 11.6 Å². The van der Waals surface area contributed by atoms with Gasteiger partial charge in [-0.15, -0.1) is 0 Å². The van der Waals surface area contributed by atoms with Gasteiger partial charge in [-0.1, -0.05) is 30.3 Å². The van der Waals surface area contributed by atoms with Gasteiger partial charge in [-0.25, -0.2) is 4.79 Å². The van der Waals surface area contributed by atoms with Gasteiger partial charge in [0.05, 0.1) is 0 Å². The lowest BCUT2D eigenvalue weighted by atomic mass is 9.98. The Hall–Kier alpha value is -3.08. The van der Waals surface area contributed by atoms with Crippen molar-refractivity contribution in [2.45, 2.75) is 12.8 Å². The van der Waals surface area contributed by atoms with Crippen LogP contribution < -0.4 is 5.63 Å². The molecule has 1 aromatic heterocycles. The number of aryl methyl sites for hydroxylation is 1. The molecule has 0 bridgehead atoms. The first-order valence-electron chi connectivity index (χ1n) is 7.11. The van der Waals surface area contributed by atoms with E-state index in [-0.39, 0.29) is 24.2 Å². The van der Waals surface area contributed by atoms with Gasteiger partial charge < -0.3 is 14.6 Å². The summed E-state index contributed by atoms with van der Waals surface area (Å²) in [7, 11) is 0. The highest BCUT2D eigenvalue weighted by molar-refractivity contribution is 5.94. The molecule has 23 heavy (non-hydrogen) atoms. The van der Waals surface area contributed by atoms with Crippen molar-refractivity contribution in [2.24, 2.45) is 0 Å². The van der Waals surface area contributed by atoms with Gasteiger partial charge in [0.1, 0.15) is 11.3 Å². The van der Waals surface area contributed by atoms with Gasteiger partial charge in [0, 0.05) is 23.9 Å². The molecule has 5 heteroatoms. The monoisotopic (exact) mass is 310 g/mol. The van der Waals surface area contributed by atoms with E-state index in [4.69, 9.17) is 9.52 Å². The van der Waals surface area contributed by atoms with Crippen LogP contribution in [-0.2, 0) is 11.2 Å². The van der Waals surface area contributed by atoms with Crippen LogP contribution in [0.25, 0.3) is 22.1 Å². The molecule has 0 unspecified atom stereocenters. The molecule has 3 aromatic rings. The fraction of sp³-hybridized carbons (Fsp3) is 0.111. The largest absolute Gasteiger partial charge is 0.508 e.